The lowest BCUT2D eigenvalue weighted by molar-refractivity contribution is -0.360. The third-order valence-electron chi connectivity index (χ3n) is 9.09. The van der Waals surface area contributed by atoms with E-state index in [0.717, 1.165) is 6.08 Å². The Labute approximate surface area is 302 Å². The molecule has 0 aliphatic carbocycles. The Bertz CT molecular complexity index is 1570. The Balaban J connectivity index is 1.42. The number of phenolic OH excluding ortho intramolecular Hbond substituents is 4. The van der Waals surface area contributed by atoms with Gasteiger partial charge in [-0.1, -0.05) is 12.1 Å². The minimum Gasteiger partial charge on any atom is -0.504 e. The van der Waals surface area contributed by atoms with Crippen molar-refractivity contribution in [1.29, 1.82) is 0 Å². The zero-order chi connectivity index (χ0) is 38.6. The number of esters is 1. The predicted molar refractivity (Wildman–Crippen MR) is 174 cm³/mol. The normalized spacial score (nSPS) is 36.2. The number of phenols is 4. The number of rotatable bonds is 13. The van der Waals surface area contributed by atoms with Crippen LogP contribution in [0.2, 0.25) is 0 Å². The number of hydrogen-bond acceptors (Lipinski definition) is 19. The van der Waals surface area contributed by atoms with Crippen LogP contribution in [0.25, 0.3) is 6.08 Å². The summed E-state index contributed by atoms with van der Waals surface area (Å²) in [6.45, 7) is -0.718. The Kier molecular flexibility index (Phi) is 13.2. The monoisotopic (exact) mass is 756 g/mol. The van der Waals surface area contributed by atoms with Gasteiger partial charge in [0.15, 0.2) is 48.0 Å². The maximum atomic E-state index is 13.2. The summed E-state index contributed by atoms with van der Waals surface area (Å²) in [6, 6.07) is 7.83. The largest absolute Gasteiger partial charge is 0.504 e. The van der Waals surface area contributed by atoms with E-state index in [9.17, 15) is 61.0 Å². The fraction of sp³-hybridized carbons (Fsp3) is 0.559. The van der Waals surface area contributed by atoms with E-state index < -0.39 is 117 Å². The number of carbonyl (C=O) groups is 1. The van der Waals surface area contributed by atoms with Gasteiger partial charge in [0.1, 0.15) is 48.3 Å². The molecule has 53 heavy (non-hydrogen) atoms. The summed E-state index contributed by atoms with van der Waals surface area (Å²) in [5.41, 5.74) is -1.24. The van der Waals surface area contributed by atoms with Crippen LogP contribution < -0.4 is 0 Å². The molecular weight excluding hydrogens is 712 g/mol. The summed E-state index contributed by atoms with van der Waals surface area (Å²) in [7, 11) is 0. The quantitative estimate of drug-likeness (QED) is 0.0569. The standard InChI is InChI=1S/C34H44O19/c1-15-24(41)25(42)26(43)32(50-15)53-29-27(44)31(47-9-8-17-3-6-19(37)21(39)11-17)51-22(12-48-33-30(45)34(46,13-35)14-49-33)28(29)52-23(40)7-4-16-2-5-18(36)20(38)10-16/h2-7,10-11,15,22,24-33,35-39,41-46H,8-9,12-14H2,1H3/t15-,22+,24-,25-,26-,27+,28+,29+,30+,31+,32+,33-,34-/m0/s1. The van der Waals surface area contributed by atoms with Crippen molar-refractivity contribution in [3.63, 3.8) is 0 Å². The molecule has 0 saturated carbocycles. The minimum absolute atomic E-state index is 0.136. The first-order valence-corrected chi connectivity index (χ1v) is 16.6. The molecule has 0 bridgehead atoms. The van der Waals surface area contributed by atoms with E-state index in [2.05, 4.69) is 0 Å². The number of hydrogen-bond donors (Lipinski definition) is 11. The van der Waals surface area contributed by atoms with Crippen LogP contribution in [-0.4, -0.2) is 168 Å². The van der Waals surface area contributed by atoms with Gasteiger partial charge < -0.3 is 89.3 Å². The Morgan fingerprint density at radius 2 is 1.53 bits per heavy atom. The number of aliphatic hydroxyl groups excluding tert-OH is 6. The zero-order valence-corrected chi connectivity index (χ0v) is 28.3. The summed E-state index contributed by atoms with van der Waals surface area (Å²) in [5, 5.41) is 112. The van der Waals surface area contributed by atoms with E-state index in [4.69, 9.17) is 33.2 Å². The summed E-state index contributed by atoms with van der Waals surface area (Å²) in [4.78, 5) is 13.2. The van der Waals surface area contributed by atoms with Crippen molar-refractivity contribution < 1.29 is 94.1 Å². The van der Waals surface area contributed by atoms with Gasteiger partial charge in [0.05, 0.1) is 32.5 Å². The van der Waals surface area contributed by atoms with Crippen molar-refractivity contribution in [3.8, 4) is 23.0 Å². The molecule has 5 rings (SSSR count). The second kappa shape index (κ2) is 17.2. The topological polar surface area (TPSA) is 304 Å². The van der Waals surface area contributed by atoms with Crippen molar-refractivity contribution in [3.05, 3.63) is 53.6 Å². The Morgan fingerprint density at radius 3 is 2.19 bits per heavy atom. The van der Waals surface area contributed by atoms with Crippen LogP contribution in [0.4, 0.5) is 0 Å². The van der Waals surface area contributed by atoms with E-state index in [1.807, 2.05) is 0 Å². The smallest absolute Gasteiger partial charge is 0.331 e. The first-order valence-electron chi connectivity index (χ1n) is 16.6. The minimum atomic E-state index is -2.05. The highest BCUT2D eigenvalue weighted by molar-refractivity contribution is 5.87. The number of carbonyl (C=O) groups excluding carboxylic acids is 1. The summed E-state index contributed by atoms with van der Waals surface area (Å²) < 4.78 is 40.0. The third-order valence-corrected chi connectivity index (χ3v) is 9.09. The van der Waals surface area contributed by atoms with Gasteiger partial charge in [-0.15, -0.1) is 0 Å². The van der Waals surface area contributed by atoms with Gasteiger partial charge in [-0.05, 0) is 54.8 Å². The number of aliphatic hydroxyl groups is 7. The summed E-state index contributed by atoms with van der Waals surface area (Å²) >= 11 is 0. The van der Waals surface area contributed by atoms with Crippen molar-refractivity contribution in [2.45, 2.75) is 92.8 Å². The van der Waals surface area contributed by atoms with Crippen LogP contribution in [0.15, 0.2) is 42.5 Å². The molecule has 3 aliphatic heterocycles. The molecule has 13 atom stereocenters. The molecule has 19 nitrogen and oxygen atoms in total. The average molecular weight is 757 g/mol. The summed E-state index contributed by atoms with van der Waals surface area (Å²) in [5.74, 6) is -2.62. The van der Waals surface area contributed by atoms with E-state index in [-0.39, 0.29) is 30.1 Å². The fourth-order valence-electron chi connectivity index (χ4n) is 5.87. The number of ether oxygens (including phenoxy) is 7. The summed E-state index contributed by atoms with van der Waals surface area (Å²) in [6.07, 6.45) is -17.0. The maximum Gasteiger partial charge on any atom is 0.331 e. The lowest BCUT2D eigenvalue weighted by Crippen LogP contribution is -2.65. The molecule has 0 amide bonds. The van der Waals surface area contributed by atoms with Gasteiger partial charge in [-0.25, -0.2) is 4.79 Å². The van der Waals surface area contributed by atoms with Crippen LogP contribution in [0.3, 0.4) is 0 Å². The molecule has 0 unspecified atom stereocenters. The van der Waals surface area contributed by atoms with Gasteiger partial charge in [-0.3, -0.25) is 0 Å². The number of aromatic hydroxyl groups is 4. The van der Waals surface area contributed by atoms with Crippen molar-refractivity contribution in [2.75, 3.05) is 26.4 Å². The van der Waals surface area contributed by atoms with Crippen LogP contribution >= 0.6 is 0 Å². The fourth-order valence-corrected chi connectivity index (χ4v) is 5.87. The first kappa shape index (κ1) is 40.5. The van der Waals surface area contributed by atoms with Crippen LogP contribution in [0, 0.1) is 0 Å². The van der Waals surface area contributed by atoms with Crippen LogP contribution in [-0.2, 0) is 44.4 Å². The molecule has 0 aromatic heterocycles. The molecule has 11 N–H and O–H groups in total. The zero-order valence-electron chi connectivity index (χ0n) is 28.3. The van der Waals surface area contributed by atoms with Gasteiger partial charge >= 0.3 is 5.97 Å². The second-order valence-corrected chi connectivity index (χ2v) is 13.0. The van der Waals surface area contributed by atoms with E-state index in [1.165, 1.54) is 49.4 Å². The molecule has 0 radical (unpaired) electrons. The Morgan fingerprint density at radius 1 is 0.830 bits per heavy atom. The molecule has 2 aromatic carbocycles. The molecule has 3 fully saturated rings. The Hall–Kier alpha value is -3.67. The van der Waals surface area contributed by atoms with Crippen LogP contribution in [0.5, 0.6) is 23.0 Å². The third kappa shape index (κ3) is 9.35. The molecule has 19 heteroatoms. The SMILES string of the molecule is C[C@@H]1O[C@H](O[C@@H]2[C@@H](O)[C@H](OCCc3ccc(O)c(O)c3)O[C@H](CO[C@H]3OC[C@@](O)(CO)[C@@H]3O)[C@H]2OC(=O)C=Cc2ccc(O)c(O)c2)[C@@H](O)[C@@H](O)[C@H]1O. The van der Waals surface area contributed by atoms with E-state index in [1.54, 1.807) is 0 Å². The highest BCUT2D eigenvalue weighted by Gasteiger charge is 2.54. The second-order valence-electron chi connectivity index (χ2n) is 13.0. The van der Waals surface area contributed by atoms with Crippen molar-refractivity contribution in [2.24, 2.45) is 0 Å². The lowest BCUT2D eigenvalue weighted by Gasteiger charge is -2.46. The molecule has 294 valence electrons. The molecule has 3 heterocycles. The van der Waals surface area contributed by atoms with Crippen molar-refractivity contribution >= 4 is 12.0 Å². The maximum absolute atomic E-state index is 13.2. The van der Waals surface area contributed by atoms with E-state index >= 15 is 0 Å². The van der Waals surface area contributed by atoms with Crippen LogP contribution in [0.1, 0.15) is 18.1 Å². The molecule has 2 aromatic rings. The van der Waals surface area contributed by atoms with Gasteiger partial charge in [0.25, 0.3) is 0 Å². The van der Waals surface area contributed by atoms with E-state index in [0.29, 0.717) is 5.56 Å². The van der Waals surface area contributed by atoms with Gasteiger partial charge in [0, 0.05) is 6.08 Å². The average Bonchev–Trinajstić information content (AvgIpc) is 3.42. The molecular formula is C34H44O19. The number of benzene rings is 2. The molecule has 0 spiro atoms. The molecule has 3 saturated heterocycles. The highest BCUT2D eigenvalue weighted by atomic mass is 16.8. The lowest BCUT2D eigenvalue weighted by atomic mass is 9.96. The van der Waals surface area contributed by atoms with Crippen molar-refractivity contribution in [1.82, 2.24) is 0 Å². The first-order chi connectivity index (χ1) is 25.1. The molecule has 3 aliphatic rings. The van der Waals surface area contributed by atoms with Gasteiger partial charge in [-0.2, -0.15) is 0 Å². The highest BCUT2D eigenvalue weighted by Crippen LogP contribution is 2.34. The predicted octanol–water partition coefficient (Wildman–Crippen LogP) is -2.55. The van der Waals surface area contributed by atoms with Gasteiger partial charge in [0.2, 0.25) is 0 Å².